The number of morpholine rings is 1. The quantitative estimate of drug-likeness (QED) is 0.588. The van der Waals surface area contributed by atoms with Gasteiger partial charge in [-0.3, -0.25) is 4.79 Å². The second-order valence-corrected chi connectivity index (χ2v) is 5.96. The third-order valence-electron chi connectivity index (χ3n) is 4.36. The van der Waals surface area contributed by atoms with E-state index in [2.05, 4.69) is 17.0 Å². The fraction of sp³-hybridized carbons (Fsp3) is 0.286. The van der Waals surface area contributed by atoms with Gasteiger partial charge < -0.3 is 19.1 Å². The predicted octanol–water partition coefficient (Wildman–Crippen LogP) is 3.44. The Balaban J connectivity index is 1.68. The first kappa shape index (κ1) is 18.0. The molecule has 136 valence electrons. The molecule has 2 aromatic rings. The summed E-state index contributed by atoms with van der Waals surface area (Å²) < 4.78 is 15.8. The summed E-state index contributed by atoms with van der Waals surface area (Å²) in [5, 5.41) is 0. The molecule has 26 heavy (non-hydrogen) atoms. The van der Waals surface area contributed by atoms with Gasteiger partial charge in [-0.15, -0.1) is 0 Å². The number of ether oxygens (including phenoxy) is 3. The highest BCUT2D eigenvalue weighted by atomic mass is 16.5. The van der Waals surface area contributed by atoms with Crippen LogP contribution in [-0.4, -0.2) is 46.3 Å². The van der Waals surface area contributed by atoms with Crippen molar-refractivity contribution in [2.45, 2.75) is 0 Å². The molecule has 0 aliphatic carbocycles. The first-order chi connectivity index (χ1) is 12.7. The summed E-state index contributed by atoms with van der Waals surface area (Å²) in [4.78, 5) is 14.7. The highest BCUT2D eigenvalue weighted by molar-refractivity contribution is 6.07. The van der Waals surface area contributed by atoms with Crippen LogP contribution in [0.4, 0.5) is 5.69 Å². The van der Waals surface area contributed by atoms with Crippen LogP contribution in [0.15, 0.2) is 48.5 Å². The van der Waals surface area contributed by atoms with Gasteiger partial charge in [0, 0.05) is 24.3 Å². The van der Waals surface area contributed by atoms with Crippen LogP contribution in [0.5, 0.6) is 11.5 Å². The van der Waals surface area contributed by atoms with Crippen LogP contribution >= 0.6 is 0 Å². The van der Waals surface area contributed by atoms with E-state index in [0.717, 1.165) is 31.9 Å². The summed E-state index contributed by atoms with van der Waals surface area (Å²) in [7, 11) is 3.12. The van der Waals surface area contributed by atoms with Gasteiger partial charge in [-0.25, -0.2) is 0 Å². The van der Waals surface area contributed by atoms with Crippen LogP contribution in [0, 0.1) is 0 Å². The molecule has 1 aliphatic rings. The fourth-order valence-electron chi connectivity index (χ4n) is 2.88. The van der Waals surface area contributed by atoms with Crippen LogP contribution in [-0.2, 0) is 4.74 Å². The van der Waals surface area contributed by atoms with Crippen molar-refractivity contribution in [3.8, 4) is 11.5 Å². The number of anilines is 1. The smallest absolute Gasteiger partial charge is 0.185 e. The standard InChI is InChI=1S/C21H23NO4/c1-24-20-10-6-17(15-21(20)25-2)19(23)9-5-16-3-7-18(8-4-16)22-11-13-26-14-12-22/h3-10,15H,11-14H2,1-2H3/b9-5+. The normalized spacial score (nSPS) is 14.5. The molecule has 0 aromatic heterocycles. The van der Waals surface area contributed by atoms with Crippen LogP contribution in [0.3, 0.4) is 0 Å². The Labute approximate surface area is 153 Å². The molecule has 5 nitrogen and oxygen atoms in total. The van der Waals surface area contributed by atoms with Gasteiger partial charge >= 0.3 is 0 Å². The Morgan fingerprint density at radius 1 is 1.00 bits per heavy atom. The van der Waals surface area contributed by atoms with Gasteiger partial charge in [-0.05, 0) is 42.0 Å². The van der Waals surface area contributed by atoms with Crippen LogP contribution in [0.25, 0.3) is 6.08 Å². The van der Waals surface area contributed by atoms with Gasteiger partial charge in [-0.1, -0.05) is 18.2 Å². The topological polar surface area (TPSA) is 48.0 Å². The lowest BCUT2D eigenvalue weighted by Crippen LogP contribution is -2.36. The highest BCUT2D eigenvalue weighted by Gasteiger charge is 2.11. The Bertz CT molecular complexity index is 777. The molecule has 5 heteroatoms. The summed E-state index contributed by atoms with van der Waals surface area (Å²) in [6, 6.07) is 13.3. The van der Waals surface area contributed by atoms with Gasteiger partial charge in [0.25, 0.3) is 0 Å². The lowest BCUT2D eigenvalue weighted by molar-refractivity contribution is 0.104. The molecule has 0 atom stereocenters. The van der Waals surface area contributed by atoms with Crippen molar-refractivity contribution >= 4 is 17.5 Å². The number of hydrogen-bond acceptors (Lipinski definition) is 5. The number of allylic oxidation sites excluding steroid dienone is 1. The van der Waals surface area contributed by atoms with E-state index in [9.17, 15) is 4.79 Å². The number of ketones is 1. The molecule has 1 saturated heterocycles. The zero-order valence-corrected chi connectivity index (χ0v) is 15.1. The minimum absolute atomic E-state index is 0.0804. The summed E-state index contributed by atoms with van der Waals surface area (Å²) in [6.07, 6.45) is 3.40. The third-order valence-corrected chi connectivity index (χ3v) is 4.36. The second kappa shape index (κ2) is 8.54. The zero-order chi connectivity index (χ0) is 18.4. The first-order valence-corrected chi connectivity index (χ1v) is 8.58. The van der Waals surface area contributed by atoms with Crippen molar-refractivity contribution in [2.75, 3.05) is 45.4 Å². The molecular weight excluding hydrogens is 330 g/mol. The summed E-state index contributed by atoms with van der Waals surface area (Å²) in [5.74, 6) is 1.07. The molecule has 2 aromatic carbocycles. The van der Waals surface area contributed by atoms with E-state index in [4.69, 9.17) is 14.2 Å². The summed E-state index contributed by atoms with van der Waals surface area (Å²) in [5.41, 5.74) is 2.72. The van der Waals surface area contributed by atoms with E-state index in [1.165, 1.54) is 5.69 Å². The number of nitrogens with zero attached hydrogens (tertiary/aromatic N) is 1. The SMILES string of the molecule is COc1ccc(C(=O)/C=C/c2ccc(N3CCOCC3)cc2)cc1OC. The molecule has 1 fully saturated rings. The van der Waals surface area contributed by atoms with Crippen molar-refractivity contribution in [3.05, 3.63) is 59.7 Å². The molecule has 0 unspecified atom stereocenters. The predicted molar refractivity (Wildman–Crippen MR) is 102 cm³/mol. The second-order valence-electron chi connectivity index (χ2n) is 5.96. The number of carbonyl (C=O) groups excluding carboxylic acids is 1. The Kier molecular flexibility index (Phi) is 5.92. The Hall–Kier alpha value is -2.79. The average Bonchev–Trinajstić information content (AvgIpc) is 2.72. The van der Waals surface area contributed by atoms with Gasteiger partial charge in [0.05, 0.1) is 27.4 Å². The van der Waals surface area contributed by atoms with Crippen molar-refractivity contribution in [1.82, 2.24) is 0 Å². The highest BCUT2D eigenvalue weighted by Crippen LogP contribution is 2.28. The molecule has 0 radical (unpaired) electrons. The maximum Gasteiger partial charge on any atom is 0.185 e. The third kappa shape index (κ3) is 4.24. The number of hydrogen-bond donors (Lipinski definition) is 0. The molecule has 0 saturated carbocycles. The van der Waals surface area contributed by atoms with E-state index < -0.39 is 0 Å². The monoisotopic (exact) mass is 353 g/mol. The summed E-state index contributed by atoms with van der Waals surface area (Å²) >= 11 is 0. The van der Waals surface area contributed by atoms with Gasteiger partial charge in [0.1, 0.15) is 0 Å². The maximum absolute atomic E-state index is 12.4. The molecule has 1 aliphatic heterocycles. The number of carbonyl (C=O) groups is 1. The molecule has 3 rings (SSSR count). The minimum atomic E-state index is -0.0804. The van der Waals surface area contributed by atoms with E-state index in [1.807, 2.05) is 18.2 Å². The van der Waals surface area contributed by atoms with Crippen molar-refractivity contribution in [1.29, 1.82) is 0 Å². The number of methoxy groups -OCH3 is 2. The molecule has 0 amide bonds. The zero-order valence-electron chi connectivity index (χ0n) is 15.1. The Morgan fingerprint density at radius 2 is 1.69 bits per heavy atom. The molecule has 0 spiro atoms. The van der Waals surface area contributed by atoms with Crippen LogP contribution < -0.4 is 14.4 Å². The van der Waals surface area contributed by atoms with E-state index in [-0.39, 0.29) is 5.78 Å². The van der Waals surface area contributed by atoms with Gasteiger partial charge in [0.2, 0.25) is 0 Å². The molecular formula is C21H23NO4. The van der Waals surface area contributed by atoms with Gasteiger partial charge in [0.15, 0.2) is 17.3 Å². The Morgan fingerprint density at radius 3 is 2.35 bits per heavy atom. The van der Waals surface area contributed by atoms with Crippen molar-refractivity contribution < 1.29 is 19.0 Å². The van der Waals surface area contributed by atoms with Crippen molar-refractivity contribution in [3.63, 3.8) is 0 Å². The van der Waals surface area contributed by atoms with E-state index in [1.54, 1.807) is 38.5 Å². The lowest BCUT2D eigenvalue weighted by atomic mass is 10.1. The summed E-state index contributed by atoms with van der Waals surface area (Å²) in [6.45, 7) is 3.35. The lowest BCUT2D eigenvalue weighted by Gasteiger charge is -2.28. The minimum Gasteiger partial charge on any atom is -0.493 e. The molecule has 0 bridgehead atoms. The molecule has 1 heterocycles. The first-order valence-electron chi connectivity index (χ1n) is 8.58. The van der Waals surface area contributed by atoms with Crippen LogP contribution in [0.1, 0.15) is 15.9 Å². The van der Waals surface area contributed by atoms with Crippen LogP contribution in [0.2, 0.25) is 0 Å². The van der Waals surface area contributed by atoms with Crippen molar-refractivity contribution in [2.24, 2.45) is 0 Å². The fourth-order valence-corrected chi connectivity index (χ4v) is 2.88. The van der Waals surface area contributed by atoms with E-state index >= 15 is 0 Å². The number of rotatable bonds is 6. The maximum atomic E-state index is 12.4. The largest absolute Gasteiger partial charge is 0.493 e. The van der Waals surface area contributed by atoms with Gasteiger partial charge in [-0.2, -0.15) is 0 Å². The molecule has 0 N–H and O–H groups in total. The average molecular weight is 353 g/mol. The number of benzene rings is 2. The van der Waals surface area contributed by atoms with E-state index in [0.29, 0.717) is 17.1 Å².